The molecule has 158 valence electrons. The first-order valence-corrected chi connectivity index (χ1v) is 9.05. The summed E-state index contributed by atoms with van der Waals surface area (Å²) in [7, 11) is 0. The number of rotatable bonds is 6. The van der Waals surface area contributed by atoms with Gasteiger partial charge < -0.3 is 11.2 Å². The second-order valence-corrected chi connectivity index (χ2v) is 6.82. The maximum Gasteiger partial charge on any atom is 0.304 e. The lowest BCUT2D eigenvalue weighted by atomic mass is 10.1. The van der Waals surface area contributed by atoms with Gasteiger partial charge in [-0.25, -0.2) is 4.98 Å². The number of carbonyl (C=O) groups is 1. The standard InChI is InChI=1S/C17H11Cl2N7O5/c18-10-3-1-8(5-11(10)19)22-17(27)15(24-20)16(26(30)31)14-7-21-12-4-2-9(25(28)29)6-13(12)23-14/h1-7,16H,20H2,(H,22,27)/b24-15+. The number of nitro groups is 2. The molecule has 1 heterocycles. The van der Waals surface area contributed by atoms with Gasteiger partial charge in [0.25, 0.3) is 11.6 Å². The monoisotopic (exact) mass is 463 g/mol. The van der Waals surface area contributed by atoms with Crippen LogP contribution in [0.4, 0.5) is 11.4 Å². The average molecular weight is 464 g/mol. The number of hydrogen-bond donors (Lipinski definition) is 2. The molecule has 3 N–H and O–H groups in total. The average Bonchev–Trinajstić information content (AvgIpc) is 2.73. The lowest BCUT2D eigenvalue weighted by molar-refractivity contribution is -0.509. The van der Waals surface area contributed by atoms with E-state index in [2.05, 4.69) is 20.4 Å². The van der Waals surface area contributed by atoms with Gasteiger partial charge in [-0.15, -0.1) is 0 Å². The van der Waals surface area contributed by atoms with E-state index in [-0.39, 0.29) is 38.1 Å². The fourth-order valence-electron chi connectivity index (χ4n) is 2.63. The molecule has 0 bridgehead atoms. The predicted molar refractivity (Wildman–Crippen MR) is 113 cm³/mol. The molecule has 0 spiro atoms. The Balaban J connectivity index is 1.99. The van der Waals surface area contributed by atoms with Gasteiger partial charge in [0.15, 0.2) is 0 Å². The van der Waals surface area contributed by atoms with Crippen molar-refractivity contribution in [2.45, 2.75) is 6.04 Å². The molecular formula is C17H11Cl2N7O5. The van der Waals surface area contributed by atoms with Crippen LogP contribution in [0.3, 0.4) is 0 Å². The highest BCUT2D eigenvalue weighted by atomic mass is 35.5. The zero-order valence-electron chi connectivity index (χ0n) is 15.2. The summed E-state index contributed by atoms with van der Waals surface area (Å²) in [5.74, 6) is 4.29. The van der Waals surface area contributed by atoms with Crippen molar-refractivity contribution in [3.63, 3.8) is 0 Å². The molecule has 0 radical (unpaired) electrons. The minimum absolute atomic E-state index is 0.0276. The third-order valence-corrected chi connectivity index (χ3v) is 4.79. The van der Waals surface area contributed by atoms with Crippen LogP contribution in [0.5, 0.6) is 0 Å². The quantitative estimate of drug-likeness (QED) is 0.242. The molecule has 0 saturated heterocycles. The van der Waals surface area contributed by atoms with Crippen LogP contribution >= 0.6 is 23.2 Å². The number of non-ortho nitro benzene ring substituents is 1. The molecule has 0 fully saturated rings. The predicted octanol–water partition coefficient (Wildman–Crippen LogP) is 3.12. The maximum atomic E-state index is 12.6. The molecule has 31 heavy (non-hydrogen) atoms. The Kier molecular flexibility index (Phi) is 6.22. The molecule has 3 aromatic rings. The van der Waals surface area contributed by atoms with E-state index < -0.39 is 27.5 Å². The van der Waals surface area contributed by atoms with Gasteiger partial charge in [0, 0.05) is 22.7 Å². The number of nitrogens with zero attached hydrogens (tertiary/aromatic N) is 5. The number of nitrogens with two attached hydrogens (primary N) is 1. The molecule has 0 aliphatic rings. The van der Waals surface area contributed by atoms with Crippen LogP contribution in [0.1, 0.15) is 11.7 Å². The van der Waals surface area contributed by atoms with Gasteiger partial charge in [-0.3, -0.25) is 30.0 Å². The summed E-state index contributed by atoms with van der Waals surface area (Å²) in [4.78, 5) is 42.0. The van der Waals surface area contributed by atoms with Crippen LogP contribution in [0.15, 0.2) is 47.7 Å². The first-order chi connectivity index (χ1) is 14.7. The SMILES string of the molecule is N/N=C(/C(=O)Nc1ccc(Cl)c(Cl)c1)C(c1cnc2ccc([N+](=O)[O-])cc2n1)[N+](=O)[O-]. The number of hydrazone groups is 1. The van der Waals surface area contributed by atoms with Gasteiger partial charge in [0.1, 0.15) is 5.69 Å². The first kappa shape index (κ1) is 21.8. The number of halogens is 2. The Hall–Kier alpha value is -3.90. The summed E-state index contributed by atoms with van der Waals surface area (Å²) in [6.07, 6.45) is 1.07. The van der Waals surface area contributed by atoms with E-state index in [0.717, 1.165) is 12.3 Å². The van der Waals surface area contributed by atoms with E-state index in [9.17, 15) is 25.0 Å². The largest absolute Gasteiger partial charge is 0.323 e. The highest BCUT2D eigenvalue weighted by molar-refractivity contribution is 6.45. The Morgan fingerprint density at radius 3 is 2.45 bits per heavy atom. The van der Waals surface area contributed by atoms with Crippen molar-refractivity contribution in [3.05, 3.63) is 78.6 Å². The van der Waals surface area contributed by atoms with E-state index in [1.165, 1.54) is 30.3 Å². The summed E-state index contributed by atoms with van der Waals surface area (Å²) in [5, 5.41) is 28.8. The van der Waals surface area contributed by atoms with Crippen molar-refractivity contribution in [1.82, 2.24) is 9.97 Å². The molecular weight excluding hydrogens is 453 g/mol. The fraction of sp³-hybridized carbons (Fsp3) is 0.0588. The van der Waals surface area contributed by atoms with E-state index in [1.54, 1.807) is 0 Å². The maximum absolute atomic E-state index is 12.6. The summed E-state index contributed by atoms with van der Waals surface area (Å²) in [6, 6.07) is 5.98. The molecule has 0 aliphatic carbocycles. The Bertz CT molecular complexity index is 1250. The summed E-state index contributed by atoms with van der Waals surface area (Å²) < 4.78 is 0. The topological polar surface area (TPSA) is 180 Å². The number of amides is 1. The Labute approximate surface area is 183 Å². The summed E-state index contributed by atoms with van der Waals surface area (Å²) >= 11 is 11.7. The molecule has 1 amide bonds. The number of benzene rings is 2. The number of anilines is 1. The third-order valence-electron chi connectivity index (χ3n) is 4.05. The molecule has 3 rings (SSSR count). The minimum Gasteiger partial charge on any atom is -0.323 e. The van der Waals surface area contributed by atoms with Crippen molar-refractivity contribution in [1.29, 1.82) is 0 Å². The zero-order chi connectivity index (χ0) is 22.7. The molecule has 1 unspecified atom stereocenters. The van der Waals surface area contributed by atoms with Crippen molar-refractivity contribution in [3.8, 4) is 0 Å². The number of aromatic nitrogens is 2. The van der Waals surface area contributed by atoms with Gasteiger partial charge in [-0.1, -0.05) is 23.2 Å². The lowest BCUT2D eigenvalue weighted by Gasteiger charge is -2.12. The highest BCUT2D eigenvalue weighted by Gasteiger charge is 2.37. The molecule has 1 aromatic heterocycles. The van der Waals surface area contributed by atoms with Crippen molar-refractivity contribution in [2.75, 3.05) is 5.32 Å². The van der Waals surface area contributed by atoms with Crippen LogP contribution in [0, 0.1) is 20.2 Å². The molecule has 1 atom stereocenters. The smallest absolute Gasteiger partial charge is 0.304 e. The second-order valence-electron chi connectivity index (χ2n) is 6.01. The normalized spacial score (nSPS) is 12.4. The Morgan fingerprint density at radius 1 is 1.10 bits per heavy atom. The van der Waals surface area contributed by atoms with Crippen LogP contribution in [-0.2, 0) is 4.79 Å². The van der Waals surface area contributed by atoms with Gasteiger partial charge in [0.05, 0.1) is 32.2 Å². The van der Waals surface area contributed by atoms with Crippen molar-refractivity contribution in [2.24, 2.45) is 10.9 Å². The van der Waals surface area contributed by atoms with Crippen LogP contribution in [-0.4, -0.2) is 31.4 Å². The van der Waals surface area contributed by atoms with Gasteiger partial charge in [-0.05, 0) is 24.3 Å². The van der Waals surface area contributed by atoms with Crippen LogP contribution in [0.2, 0.25) is 10.0 Å². The first-order valence-electron chi connectivity index (χ1n) is 8.30. The number of hydrogen-bond acceptors (Lipinski definition) is 9. The number of fused-ring (bicyclic) bond motifs is 1. The van der Waals surface area contributed by atoms with Crippen molar-refractivity contribution < 1.29 is 14.6 Å². The number of carbonyl (C=O) groups excluding carboxylic acids is 1. The second kappa shape index (κ2) is 8.85. The molecule has 0 saturated carbocycles. The fourth-order valence-corrected chi connectivity index (χ4v) is 2.93. The van der Waals surface area contributed by atoms with E-state index in [0.29, 0.717) is 0 Å². The highest BCUT2D eigenvalue weighted by Crippen LogP contribution is 2.26. The van der Waals surface area contributed by atoms with Crippen molar-refractivity contribution >= 4 is 57.2 Å². The van der Waals surface area contributed by atoms with Gasteiger partial charge in [-0.2, -0.15) is 5.10 Å². The lowest BCUT2D eigenvalue weighted by Crippen LogP contribution is -2.34. The van der Waals surface area contributed by atoms with E-state index >= 15 is 0 Å². The molecule has 0 aliphatic heterocycles. The van der Waals surface area contributed by atoms with E-state index in [4.69, 9.17) is 29.0 Å². The molecule has 12 nitrogen and oxygen atoms in total. The van der Waals surface area contributed by atoms with Gasteiger partial charge in [0.2, 0.25) is 5.71 Å². The number of nitro benzene ring substituents is 1. The van der Waals surface area contributed by atoms with E-state index in [1.807, 2.05) is 0 Å². The van der Waals surface area contributed by atoms with Crippen LogP contribution < -0.4 is 11.2 Å². The third kappa shape index (κ3) is 4.65. The molecule has 14 heteroatoms. The van der Waals surface area contributed by atoms with Crippen LogP contribution in [0.25, 0.3) is 11.0 Å². The Morgan fingerprint density at radius 2 is 1.84 bits per heavy atom. The number of nitrogens with one attached hydrogen (secondary N) is 1. The summed E-state index contributed by atoms with van der Waals surface area (Å²) in [5.41, 5.74) is -0.742. The van der Waals surface area contributed by atoms with Gasteiger partial charge >= 0.3 is 6.04 Å². The zero-order valence-corrected chi connectivity index (χ0v) is 16.7. The minimum atomic E-state index is -1.89. The molecule has 2 aromatic carbocycles. The summed E-state index contributed by atoms with van der Waals surface area (Å²) in [6.45, 7) is 0.